The summed E-state index contributed by atoms with van der Waals surface area (Å²) in [6.45, 7) is 3.69. The van der Waals surface area contributed by atoms with Crippen molar-refractivity contribution in [2.45, 2.75) is 39.5 Å². The molecule has 0 saturated heterocycles. The van der Waals surface area contributed by atoms with E-state index in [1.54, 1.807) is 0 Å². The fraction of sp³-hybridized carbons (Fsp3) is 0.600. The molecule has 0 unspecified atom stereocenters. The molecule has 80 valence electrons. The Balaban J connectivity index is 4.71. The summed E-state index contributed by atoms with van der Waals surface area (Å²) in [5.74, 6) is -1.81. The van der Waals surface area contributed by atoms with Crippen LogP contribution in [0.2, 0.25) is 0 Å². The lowest BCUT2D eigenvalue weighted by Gasteiger charge is -2.08. The Morgan fingerprint density at radius 1 is 0.857 bits per heavy atom. The van der Waals surface area contributed by atoms with E-state index in [4.69, 9.17) is 10.2 Å². The first kappa shape index (κ1) is 12.7. The van der Waals surface area contributed by atoms with Crippen molar-refractivity contribution in [1.82, 2.24) is 0 Å². The van der Waals surface area contributed by atoms with Crippen LogP contribution in [-0.2, 0) is 9.59 Å². The molecule has 0 radical (unpaired) electrons. The molecule has 0 aromatic carbocycles. The zero-order chi connectivity index (χ0) is 11.1. The van der Waals surface area contributed by atoms with Gasteiger partial charge in [0.2, 0.25) is 0 Å². The molecule has 0 aromatic rings. The summed E-state index contributed by atoms with van der Waals surface area (Å²) < 4.78 is 0. The van der Waals surface area contributed by atoms with E-state index in [-0.39, 0.29) is 12.8 Å². The smallest absolute Gasteiger partial charge is 0.307 e. The van der Waals surface area contributed by atoms with E-state index in [2.05, 4.69) is 0 Å². The Kier molecular flexibility index (Phi) is 5.60. The second-order valence-electron chi connectivity index (χ2n) is 3.06. The Bertz CT molecular complexity index is 227. The molecule has 0 amide bonds. The summed E-state index contributed by atoms with van der Waals surface area (Å²) in [4.78, 5) is 21.0. The zero-order valence-corrected chi connectivity index (χ0v) is 8.54. The largest absolute Gasteiger partial charge is 0.481 e. The van der Waals surface area contributed by atoms with E-state index in [1.165, 1.54) is 0 Å². The minimum absolute atomic E-state index is 0.0487. The second kappa shape index (κ2) is 6.18. The molecule has 4 heteroatoms. The number of aliphatic carboxylic acids is 2. The molecular weight excluding hydrogens is 184 g/mol. The van der Waals surface area contributed by atoms with E-state index >= 15 is 0 Å². The maximum Gasteiger partial charge on any atom is 0.307 e. The highest BCUT2D eigenvalue weighted by atomic mass is 16.4. The summed E-state index contributed by atoms with van der Waals surface area (Å²) in [5.41, 5.74) is 1.48. The molecule has 0 aliphatic heterocycles. The van der Waals surface area contributed by atoms with Crippen molar-refractivity contribution in [1.29, 1.82) is 0 Å². The van der Waals surface area contributed by atoms with Crippen molar-refractivity contribution >= 4 is 11.9 Å². The number of rotatable bonds is 6. The second-order valence-corrected chi connectivity index (χ2v) is 3.06. The molecule has 0 aliphatic carbocycles. The van der Waals surface area contributed by atoms with Crippen molar-refractivity contribution in [2.24, 2.45) is 0 Å². The fourth-order valence-corrected chi connectivity index (χ4v) is 1.37. The third kappa shape index (κ3) is 4.64. The summed E-state index contributed by atoms with van der Waals surface area (Å²) in [6, 6.07) is 0. The molecule has 0 aliphatic rings. The van der Waals surface area contributed by atoms with Crippen molar-refractivity contribution in [3.8, 4) is 0 Å². The summed E-state index contributed by atoms with van der Waals surface area (Å²) >= 11 is 0. The maximum absolute atomic E-state index is 10.5. The first-order valence-electron chi connectivity index (χ1n) is 4.64. The van der Waals surface area contributed by atoms with Gasteiger partial charge in [-0.3, -0.25) is 9.59 Å². The standard InChI is InChI=1S/C10H16O4/c1-3-7(5-9(11)12)8(4-2)6-10(13)14/h3-6H2,1-2H3,(H,11,12)(H,13,14). The molecule has 2 N–H and O–H groups in total. The minimum atomic E-state index is -0.904. The first-order valence-corrected chi connectivity index (χ1v) is 4.64. The van der Waals surface area contributed by atoms with Crippen LogP contribution in [0, 0.1) is 0 Å². The van der Waals surface area contributed by atoms with Crippen molar-refractivity contribution < 1.29 is 19.8 Å². The average molecular weight is 200 g/mol. The number of carbonyl (C=O) groups is 2. The van der Waals surface area contributed by atoms with Gasteiger partial charge in [0, 0.05) is 0 Å². The van der Waals surface area contributed by atoms with Gasteiger partial charge in [-0.25, -0.2) is 0 Å². The molecule has 0 spiro atoms. The van der Waals surface area contributed by atoms with Crippen LogP contribution in [0.15, 0.2) is 11.1 Å². The minimum Gasteiger partial charge on any atom is -0.481 e. The molecule has 0 fully saturated rings. The highest BCUT2D eigenvalue weighted by Crippen LogP contribution is 2.19. The number of carboxylic acid groups (broad SMARTS) is 2. The number of hydrogen-bond acceptors (Lipinski definition) is 2. The zero-order valence-electron chi connectivity index (χ0n) is 8.54. The lowest BCUT2D eigenvalue weighted by atomic mass is 9.98. The first-order chi connectivity index (χ1) is 6.51. The third-order valence-electron chi connectivity index (χ3n) is 2.08. The van der Waals surface area contributed by atoms with Crippen molar-refractivity contribution in [3.05, 3.63) is 11.1 Å². The van der Waals surface area contributed by atoms with Gasteiger partial charge in [-0.05, 0) is 12.8 Å². The molecule has 14 heavy (non-hydrogen) atoms. The molecule has 0 heterocycles. The van der Waals surface area contributed by atoms with Crippen LogP contribution in [0.25, 0.3) is 0 Å². The molecule has 0 atom stereocenters. The number of hydrogen-bond donors (Lipinski definition) is 2. The average Bonchev–Trinajstić information content (AvgIpc) is 2.10. The van der Waals surface area contributed by atoms with Gasteiger partial charge in [-0.1, -0.05) is 25.0 Å². The topological polar surface area (TPSA) is 74.6 Å². The summed E-state index contributed by atoms with van der Waals surface area (Å²) in [7, 11) is 0. The van der Waals surface area contributed by atoms with E-state index < -0.39 is 11.9 Å². The quantitative estimate of drug-likeness (QED) is 0.643. The monoisotopic (exact) mass is 200 g/mol. The van der Waals surface area contributed by atoms with E-state index in [1.807, 2.05) is 13.8 Å². The maximum atomic E-state index is 10.5. The van der Waals surface area contributed by atoms with Crippen LogP contribution in [0.5, 0.6) is 0 Å². The van der Waals surface area contributed by atoms with Gasteiger partial charge in [0.15, 0.2) is 0 Å². The molecule has 4 nitrogen and oxygen atoms in total. The summed E-state index contributed by atoms with van der Waals surface area (Å²) in [6.07, 6.45) is 1.10. The summed E-state index contributed by atoms with van der Waals surface area (Å²) in [5, 5.41) is 17.2. The Hall–Kier alpha value is -1.32. The fourth-order valence-electron chi connectivity index (χ4n) is 1.37. The van der Waals surface area contributed by atoms with Gasteiger partial charge >= 0.3 is 11.9 Å². The van der Waals surface area contributed by atoms with Crippen LogP contribution >= 0.6 is 0 Å². The highest BCUT2D eigenvalue weighted by Gasteiger charge is 2.10. The van der Waals surface area contributed by atoms with Crippen molar-refractivity contribution in [2.75, 3.05) is 0 Å². The van der Waals surface area contributed by atoms with Gasteiger partial charge in [-0.15, -0.1) is 0 Å². The predicted octanol–water partition coefficient (Wildman–Crippen LogP) is 2.05. The molecule has 0 bridgehead atoms. The lowest BCUT2D eigenvalue weighted by molar-refractivity contribution is -0.137. The van der Waals surface area contributed by atoms with E-state index in [0.717, 1.165) is 11.1 Å². The van der Waals surface area contributed by atoms with Gasteiger partial charge in [0.05, 0.1) is 12.8 Å². The normalized spacial score (nSPS) is 12.1. The molecular formula is C10H16O4. The van der Waals surface area contributed by atoms with E-state index in [0.29, 0.717) is 12.8 Å². The highest BCUT2D eigenvalue weighted by molar-refractivity contribution is 5.73. The molecule has 0 aromatic heterocycles. The van der Waals surface area contributed by atoms with Crippen molar-refractivity contribution in [3.63, 3.8) is 0 Å². The predicted molar refractivity (Wildman–Crippen MR) is 52.1 cm³/mol. The third-order valence-corrected chi connectivity index (χ3v) is 2.08. The lowest BCUT2D eigenvalue weighted by Crippen LogP contribution is -2.04. The Morgan fingerprint density at radius 2 is 1.14 bits per heavy atom. The molecule has 0 rings (SSSR count). The van der Waals surface area contributed by atoms with Crippen LogP contribution in [0.3, 0.4) is 0 Å². The van der Waals surface area contributed by atoms with Gasteiger partial charge in [0.1, 0.15) is 0 Å². The van der Waals surface area contributed by atoms with Gasteiger partial charge in [0.25, 0.3) is 0 Å². The van der Waals surface area contributed by atoms with Gasteiger partial charge < -0.3 is 10.2 Å². The Labute approximate surface area is 83.2 Å². The number of carboxylic acids is 2. The van der Waals surface area contributed by atoms with E-state index in [9.17, 15) is 9.59 Å². The van der Waals surface area contributed by atoms with Gasteiger partial charge in [-0.2, -0.15) is 0 Å². The molecule has 0 saturated carbocycles. The SMILES string of the molecule is CCC(CC(=O)O)=C(CC)CC(=O)O. The van der Waals surface area contributed by atoms with Crippen LogP contribution in [0.4, 0.5) is 0 Å². The van der Waals surface area contributed by atoms with Crippen LogP contribution < -0.4 is 0 Å². The van der Waals surface area contributed by atoms with Crippen LogP contribution in [-0.4, -0.2) is 22.2 Å². The van der Waals surface area contributed by atoms with Crippen LogP contribution in [0.1, 0.15) is 39.5 Å². The Morgan fingerprint density at radius 3 is 1.29 bits per heavy atom.